The second kappa shape index (κ2) is 3.49. The van der Waals surface area contributed by atoms with Crippen LogP contribution in [0.1, 0.15) is 24.2 Å². The van der Waals surface area contributed by atoms with Crippen LogP contribution in [0.5, 0.6) is 0 Å². The fourth-order valence-electron chi connectivity index (χ4n) is 2.21. The van der Waals surface area contributed by atoms with Crippen molar-refractivity contribution in [3.8, 4) is 0 Å². The second-order valence-corrected chi connectivity index (χ2v) is 4.69. The summed E-state index contributed by atoms with van der Waals surface area (Å²) in [4.78, 5) is 12.3. The Labute approximate surface area is 95.8 Å². The zero-order chi connectivity index (χ0) is 11.9. The molecule has 16 heavy (non-hydrogen) atoms. The van der Waals surface area contributed by atoms with Crippen molar-refractivity contribution >= 4 is 11.6 Å². The fourth-order valence-corrected chi connectivity index (χ4v) is 2.21. The molecule has 4 heteroatoms. The first-order valence-electron chi connectivity index (χ1n) is 5.32. The molecular formula is C12H17N3O. The van der Waals surface area contributed by atoms with Gasteiger partial charge in [0.15, 0.2) is 0 Å². The average molecular weight is 219 g/mol. The Kier molecular flexibility index (Phi) is 2.39. The Morgan fingerprint density at radius 2 is 1.88 bits per heavy atom. The predicted octanol–water partition coefficient (Wildman–Crippen LogP) is 1.77. The Hall–Kier alpha value is -1.55. The van der Waals surface area contributed by atoms with E-state index in [0.29, 0.717) is 0 Å². The molecule has 0 bridgehead atoms. The van der Waals surface area contributed by atoms with Crippen molar-refractivity contribution in [3.05, 3.63) is 29.8 Å². The molecule has 86 valence electrons. The molecule has 4 nitrogen and oxygen atoms in total. The van der Waals surface area contributed by atoms with Crippen LogP contribution >= 0.6 is 0 Å². The maximum atomic E-state index is 12.3. The maximum absolute atomic E-state index is 12.3. The summed E-state index contributed by atoms with van der Waals surface area (Å²) in [6.07, 6.45) is 0. The molecule has 1 aliphatic heterocycles. The minimum atomic E-state index is -0.408. The molecule has 1 N–H and O–H groups in total. The summed E-state index contributed by atoms with van der Waals surface area (Å²) in [6, 6.07) is 7.59. The number of nitrogens with zero attached hydrogens (tertiary/aromatic N) is 2. The van der Waals surface area contributed by atoms with Crippen LogP contribution in [0.4, 0.5) is 5.69 Å². The van der Waals surface area contributed by atoms with E-state index in [1.807, 2.05) is 57.2 Å². The SMILES string of the molecule is CN(C)N1C(=O)c2ccccc2NC1(C)C. The van der Waals surface area contributed by atoms with Gasteiger partial charge >= 0.3 is 0 Å². The number of hydrogen-bond donors (Lipinski definition) is 1. The summed E-state index contributed by atoms with van der Waals surface area (Å²) >= 11 is 0. The number of rotatable bonds is 1. The number of amides is 1. The number of nitrogens with one attached hydrogen (secondary N) is 1. The van der Waals surface area contributed by atoms with Gasteiger partial charge in [-0.25, -0.2) is 10.0 Å². The molecule has 1 heterocycles. The lowest BCUT2D eigenvalue weighted by atomic mass is 10.0. The van der Waals surface area contributed by atoms with Crippen LogP contribution in [0.3, 0.4) is 0 Å². The number of carbonyl (C=O) groups excluding carboxylic acids is 1. The fraction of sp³-hybridized carbons (Fsp3) is 0.417. The van der Waals surface area contributed by atoms with Crippen LogP contribution < -0.4 is 5.32 Å². The van der Waals surface area contributed by atoms with Crippen LogP contribution in [-0.4, -0.2) is 35.7 Å². The van der Waals surface area contributed by atoms with E-state index < -0.39 is 5.66 Å². The third kappa shape index (κ3) is 1.55. The Bertz CT molecular complexity index is 426. The molecule has 0 unspecified atom stereocenters. The molecule has 1 aromatic carbocycles. The van der Waals surface area contributed by atoms with Gasteiger partial charge in [-0.1, -0.05) is 12.1 Å². The Morgan fingerprint density at radius 1 is 1.25 bits per heavy atom. The zero-order valence-electron chi connectivity index (χ0n) is 10.1. The monoisotopic (exact) mass is 219 g/mol. The van der Waals surface area contributed by atoms with Crippen LogP contribution in [0, 0.1) is 0 Å². The van der Waals surface area contributed by atoms with E-state index in [1.165, 1.54) is 0 Å². The molecule has 0 radical (unpaired) electrons. The molecule has 0 fully saturated rings. The van der Waals surface area contributed by atoms with E-state index in [4.69, 9.17) is 0 Å². The molecule has 0 atom stereocenters. The van der Waals surface area contributed by atoms with Gasteiger partial charge in [0.1, 0.15) is 5.66 Å². The van der Waals surface area contributed by atoms with Crippen molar-refractivity contribution in [2.45, 2.75) is 19.5 Å². The summed E-state index contributed by atoms with van der Waals surface area (Å²) in [6.45, 7) is 3.97. The average Bonchev–Trinajstić information content (AvgIpc) is 2.15. The summed E-state index contributed by atoms with van der Waals surface area (Å²) < 4.78 is 0. The molecule has 1 aliphatic rings. The van der Waals surface area contributed by atoms with E-state index in [0.717, 1.165) is 11.3 Å². The highest BCUT2D eigenvalue weighted by Crippen LogP contribution is 2.30. The highest BCUT2D eigenvalue weighted by molar-refractivity contribution is 6.01. The molecular weight excluding hydrogens is 202 g/mol. The summed E-state index contributed by atoms with van der Waals surface area (Å²) in [7, 11) is 3.74. The van der Waals surface area contributed by atoms with Crippen molar-refractivity contribution in [3.63, 3.8) is 0 Å². The molecule has 2 rings (SSSR count). The van der Waals surface area contributed by atoms with E-state index in [9.17, 15) is 4.79 Å². The number of para-hydroxylation sites is 1. The molecule has 0 saturated carbocycles. The van der Waals surface area contributed by atoms with Gasteiger partial charge in [0, 0.05) is 19.8 Å². The van der Waals surface area contributed by atoms with Gasteiger partial charge < -0.3 is 5.32 Å². The summed E-state index contributed by atoms with van der Waals surface area (Å²) in [5.41, 5.74) is 1.21. The quantitative estimate of drug-likeness (QED) is 0.782. The molecule has 1 aromatic rings. The van der Waals surface area contributed by atoms with Gasteiger partial charge in [0.2, 0.25) is 0 Å². The third-order valence-corrected chi connectivity index (χ3v) is 2.72. The lowest BCUT2D eigenvalue weighted by molar-refractivity contribution is -0.0284. The number of carbonyl (C=O) groups is 1. The van der Waals surface area contributed by atoms with Gasteiger partial charge in [0.05, 0.1) is 5.56 Å². The van der Waals surface area contributed by atoms with Gasteiger partial charge in [-0.3, -0.25) is 4.79 Å². The van der Waals surface area contributed by atoms with Crippen molar-refractivity contribution in [2.75, 3.05) is 19.4 Å². The number of fused-ring (bicyclic) bond motifs is 1. The topological polar surface area (TPSA) is 35.6 Å². The molecule has 1 amide bonds. The van der Waals surface area contributed by atoms with Crippen LogP contribution in [0.15, 0.2) is 24.3 Å². The Morgan fingerprint density at radius 3 is 2.50 bits per heavy atom. The lowest BCUT2D eigenvalue weighted by Crippen LogP contribution is -2.61. The normalized spacial score (nSPS) is 18.3. The van der Waals surface area contributed by atoms with Crippen LogP contribution in [0.2, 0.25) is 0 Å². The molecule has 0 saturated heterocycles. The number of anilines is 1. The molecule has 0 aliphatic carbocycles. The first-order valence-corrected chi connectivity index (χ1v) is 5.32. The first-order chi connectivity index (χ1) is 7.43. The van der Waals surface area contributed by atoms with Crippen LogP contribution in [0.25, 0.3) is 0 Å². The van der Waals surface area contributed by atoms with E-state index >= 15 is 0 Å². The van der Waals surface area contributed by atoms with Gasteiger partial charge in [-0.05, 0) is 26.0 Å². The van der Waals surface area contributed by atoms with Gasteiger partial charge in [-0.15, -0.1) is 0 Å². The van der Waals surface area contributed by atoms with Crippen molar-refractivity contribution < 1.29 is 4.79 Å². The van der Waals surface area contributed by atoms with E-state index in [-0.39, 0.29) is 5.91 Å². The first kappa shape index (κ1) is 11.0. The van der Waals surface area contributed by atoms with E-state index in [1.54, 1.807) is 5.01 Å². The smallest absolute Gasteiger partial charge is 0.272 e. The van der Waals surface area contributed by atoms with Gasteiger partial charge in [0.25, 0.3) is 5.91 Å². The molecule has 0 aromatic heterocycles. The zero-order valence-corrected chi connectivity index (χ0v) is 10.1. The van der Waals surface area contributed by atoms with E-state index in [2.05, 4.69) is 5.32 Å². The maximum Gasteiger partial charge on any atom is 0.272 e. The van der Waals surface area contributed by atoms with Crippen molar-refractivity contribution in [1.82, 2.24) is 10.0 Å². The Balaban J connectivity index is 2.51. The van der Waals surface area contributed by atoms with Crippen molar-refractivity contribution in [2.24, 2.45) is 0 Å². The van der Waals surface area contributed by atoms with Gasteiger partial charge in [-0.2, -0.15) is 0 Å². The lowest BCUT2D eigenvalue weighted by Gasteiger charge is -2.46. The summed E-state index contributed by atoms with van der Waals surface area (Å²) in [5.74, 6) is 0.0318. The number of hydrogen-bond acceptors (Lipinski definition) is 3. The highest BCUT2D eigenvalue weighted by Gasteiger charge is 2.38. The second-order valence-electron chi connectivity index (χ2n) is 4.69. The number of benzene rings is 1. The standard InChI is InChI=1S/C12H17N3O/c1-12(2)13-10-8-6-5-7-9(10)11(16)15(12)14(3)4/h5-8,13H,1-4H3. The predicted molar refractivity (Wildman–Crippen MR) is 64.0 cm³/mol. The minimum absolute atomic E-state index is 0.0318. The third-order valence-electron chi connectivity index (χ3n) is 2.72. The minimum Gasteiger partial charge on any atom is -0.361 e. The highest BCUT2D eigenvalue weighted by atomic mass is 16.2. The van der Waals surface area contributed by atoms with Crippen LogP contribution in [-0.2, 0) is 0 Å². The molecule has 0 spiro atoms. The largest absolute Gasteiger partial charge is 0.361 e. The van der Waals surface area contributed by atoms with Crippen molar-refractivity contribution in [1.29, 1.82) is 0 Å². The number of hydrazine groups is 1. The summed E-state index contributed by atoms with van der Waals surface area (Å²) in [5, 5.41) is 6.89.